The molecule has 0 bridgehead atoms. The molecular formula is C11H16N2O3S. The van der Waals surface area contributed by atoms with Crippen LogP contribution in [0.3, 0.4) is 0 Å². The van der Waals surface area contributed by atoms with Gasteiger partial charge in [0.1, 0.15) is 0 Å². The Morgan fingerprint density at radius 3 is 2.29 bits per heavy atom. The second-order valence-electron chi connectivity index (χ2n) is 4.23. The van der Waals surface area contributed by atoms with Crippen molar-refractivity contribution < 1.29 is 13.6 Å². The fourth-order valence-electron chi connectivity index (χ4n) is 1.19. The highest BCUT2D eigenvalue weighted by Crippen LogP contribution is 2.13. The summed E-state index contributed by atoms with van der Waals surface area (Å²) < 4.78 is 26.5. The third kappa shape index (κ3) is 3.28. The number of nitrogens with zero attached hydrogens (tertiary/aromatic N) is 1. The molecule has 2 N–H and O–H groups in total. The largest absolute Gasteiger partial charge is 0.411 e. The molecule has 0 heterocycles. The second-order valence-corrected chi connectivity index (χ2v) is 5.91. The van der Waals surface area contributed by atoms with E-state index in [-0.39, 0.29) is 10.6 Å². The van der Waals surface area contributed by atoms with E-state index in [0.29, 0.717) is 0 Å². The maximum atomic E-state index is 12.0. The number of sulfonamides is 1. The van der Waals surface area contributed by atoms with Crippen LogP contribution in [0, 0.1) is 0 Å². The second kappa shape index (κ2) is 4.85. The van der Waals surface area contributed by atoms with Gasteiger partial charge in [0.15, 0.2) is 0 Å². The molecule has 0 atom stereocenters. The van der Waals surface area contributed by atoms with Crippen molar-refractivity contribution in [2.75, 3.05) is 0 Å². The standard InChI is InChI=1S/C11H16N2O3S/c1-9(12-14)11(2,3)13-17(15,16)10-7-5-4-6-8-10/h4-8,13-14H,1-3H3/b12-9-. The monoisotopic (exact) mass is 256 g/mol. The van der Waals surface area contributed by atoms with Gasteiger partial charge in [-0.1, -0.05) is 23.4 Å². The Hall–Kier alpha value is -1.40. The molecule has 0 fully saturated rings. The molecule has 0 saturated heterocycles. The molecule has 0 aliphatic rings. The van der Waals surface area contributed by atoms with E-state index in [4.69, 9.17) is 5.21 Å². The van der Waals surface area contributed by atoms with Crippen LogP contribution in [-0.2, 0) is 10.0 Å². The summed E-state index contributed by atoms with van der Waals surface area (Å²) in [5, 5.41) is 11.7. The van der Waals surface area contributed by atoms with Gasteiger partial charge in [-0.2, -0.15) is 4.72 Å². The topological polar surface area (TPSA) is 78.8 Å². The van der Waals surface area contributed by atoms with Crippen LogP contribution in [0.1, 0.15) is 20.8 Å². The summed E-state index contributed by atoms with van der Waals surface area (Å²) in [4.78, 5) is 0.179. The molecule has 0 aromatic heterocycles. The molecule has 0 aliphatic heterocycles. The van der Waals surface area contributed by atoms with Crippen LogP contribution in [0.4, 0.5) is 0 Å². The van der Waals surface area contributed by atoms with Crippen LogP contribution in [0.25, 0.3) is 0 Å². The van der Waals surface area contributed by atoms with Crippen LogP contribution in [0.2, 0.25) is 0 Å². The number of hydrogen-bond acceptors (Lipinski definition) is 4. The van der Waals surface area contributed by atoms with Crippen molar-refractivity contribution in [2.24, 2.45) is 5.16 Å². The van der Waals surface area contributed by atoms with Crippen molar-refractivity contribution in [3.8, 4) is 0 Å². The van der Waals surface area contributed by atoms with Gasteiger partial charge in [0, 0.05) is 0 Å². The normalized spacial score (nSPS) is 13.7. The summed E-state index contributed by atoms with van der Waals surface area (Å²) >= 11 is 0. The maximum Gasteiger partial charge on any atom is 0.241 e. The minimum absolute atomic E-state index is 0.179. The Morgan fingerprint density at radius 2 is 1.82 bits per heavy atom. The number of oxime groups is 1. The van der Waals surface area contributed by atoms with E-state index in [0.717, 1.165) is 0 Å². The highest BCUT2D eigenvalue weighted by Gasteiger charge is 2.29. The van der Waals surface area contributed by atoms with Crippen molar-refractivity contribution in [3.63, 3.8) is 0 Å². The lowest BCUT2D eigenvalue weighted by molar-refractivity contribution is 0.313. The minimum atomic E-state index is -3.62. The van der Waals surface area contributed by atoms with Crippen LogP contribution >= 0.6 is 0 Å². The minimum Gasteiger partial charge on any atom is -0.411 e. The smallest absolute Gasteiger partial charge is 0.241 e. The molecule has 17 heavy (non-hydrogen) atoms. The molecule has 1 rings (SSSR count). The van der Waals surface area contributed by atoms with E-state index in [2.05, 4.69) is 9.88 Å². The van der Waals surface area contributed by atoms with Gasteiger partial charge in [0.25, 0.3) is 0 Å². The Balaban J connectivity index is 3.04. The maximum absolute atomic E-state index is 12.0. The lowest BCUT2D eigenvalue weighted by Gasteiger charge is -2.24. The Kier molecular flexibility index (Phi) is 3.90. The first-order valence-electron chi connectivity index (χ1n) is 5.08. The zero-order valence-corrected chi connectivity index (χ0v) is 10.8. The average Bonchev–Trinajstić information content (AvgIpc) is 2.27. The van der Waals surface area contributed by atoms with Crippen LogP contribution in [0.15, 0.2) is 40.4 Å². The summed E-state index contributed by atoms with van der Waals surface area (Å²) in [7, 11) is -3.62. The fourth-order valence-corrected chi connectivity index (χ4v) is 2.65. The van der Waals surface area contributed by atoms with Crippen molar-refractivity contribution in [1.82, 2.24) is 4.72 Å². The van der Waals surface area contributed by atoms with Crippen LogP contribution in [-0.4, -0.2) is 24.9 Å². The third-order valence-electron chi connectivity index (χ3n) is 2.50. The predicted molar refractivity (Wildman–Crippen MR) is 65.7 cm³/mol. The summed E-state index contributed by atoms with van der Waals surface area (Å²) in [6, 6.07) is 8.04. The Morgan fingerprint density at radius 1 is 1.29 bits per heavy atom. The summed E-state index contributed by atoms with van der Waals surface area (Å²) in [5.74, 6) is 0. The van der Waals surface area contributed by atoms with E-state index >= 15 is 0 Å². The lowest BCUT2D eigenvalue weighted by atomic mass is 10.0. The molecule has 0 spiro atoms. The number of nitrogens with one attached hydrogen (secondary N) is 1. The molecule has 5 nitrogen and oxygen atoms in total. The first kappa shape index (κ1) is 13.7. The van der Waals surface area contributed by atoms with E-state index < -0.39 is 15.6 Å². The Bertz CT molecular complexity index is 507. The Labute approximate surface area is 101 Å². The molecule has 0 amide bonds. The summed E-state index contributed by atoms with van der Waals surface area (Å²) in [6.45, 7) is 4.80. The van der Waals surface area contributed by atoms with Crippen LogP contribution in [0.5, 0.6) is 0 Å². The van der Waals surface area contributed by atoms with E-state index in [1.807, 2.05) is 0 Å². The van der Waals surface area contributed by atoms with Crippen molar-refractivity contribution >= 4 is 15.7 Å². The molecule has 0 aliphatic carbocycles. The molecule has 0 radical (unpaired) electrons. The first-order valence-corrected chi connectivity index (χ1v) is 6.56. The zero-order valence-electron chi connectivity index (χ0n) is 10.0. The van der Waals surface area contributed by atoms with Gasteiger partial charge in [-0.05, 0) is 32.9 Å². The molecule has 1 aromatic rings. The predicted octanol–water partition coefficient (Wildman–Crippen LogP) is 1.59. The van der Waals surface area contributed by atoms with E-state index in [9.17, 15) is 8.42 Å². The zero-order chi connectivity index (χ0) is 13.1. The van der Waals surface area contributed by atoms with Gasteiger partial charge in [0.2, 0.25) is 10.0 Å². The molecule has 94 valence electrons. The number of benzene rings is 1. The highest BCUT2D eigenvalue weighted by atomic mass is 32.2. The fraction of sp³-hybridized carbons (Fsp3) is 0.364. The number of hydrogen-bond donors (Lipinski definition) is 2. The molecule has 1 aromatic carbocycles. The SMILES string of the molecule is C/C(=N/O)C(C)(C)NS(=O)(=O)c1ccccc1. The van der Waals surface area contributed by atoms with Gasteiger partial charge in [-0.25, -0.2) is 8.42 Å². The van der Waals surface area contributed by atoms with Crippen molar-refractivity contribution in [2.45, 2.75) is 31.2 Å². The van der Waals surface area contributed by atoms with Crippen LogP contribution < -0.4 is 4.72 Å². The molecular weight excluding hydrogens is 240 g/mol. The highest BCUT2D eigenvalue weighted by molar-refractivity contribution is 7.89. The molecule has 0 saturated carbocycles. The quantitative estimate of drug-likeness (QED) is 0.488. The first-order chi connectivity index (χ1) is 7.79. The number of rotatable bonds is 4. The van der Waals surface area contributed by atoms with Gasteiger partial charge in [-0.15, -0.1) is 0 Å². The van der Waals surface area contributed by atoms with E-state index in [1.54, 1.807) is 39.0 Å². The summed E-state index contributed by atoms with van der Waals surface area (Å²) in [6.07, 6.45) is 0. The van der Waals surface area contributed by atoms with Gasteiger partial charge in [-0.3, -0.25) is 0 Å². The van der Waals surface area contributed by atoms with Crippen molar-refractivity contribution in [3.05, 3.63) is 30.3 Å². The third-order valence-corrected chi connectivity index (χ3v) is 4.17. The van der Waals surface area contributed by atoms with Gasteiger partial charge < -0.3 is 5.21 Å². The molecule has 0 unspecified atom stereocenters. The average molecular weight is 256 g/mol. The van der Waals surface area contributed by atoms with E-state index in [1.165, 1.54) is 12.1 Å². The lowest BCUT2D eigenvalue weighted by Crippen LogP contribution is -2.48. The molecule has 6 heteroatoms. The van der Waals surface area contributed by atoms with Gasteiger partial charge in [0.05, 0.1) is 16.1 Å². The van der Waals surface area contributed by atoms with Gasteiger partial charge >= 0.3 is 0 Å². The summed E-state index contributed by atoms with van der Waals surface area (Å²) in [5.41, 5.74) is -0.652. The van der Waals surface area contributed by atoms with Crippen molar-refractivity contribution in [1.29, 1.82) is 0 Å².